The van der Waals surface area contributed by atoms with E-state index in [-0.39, 0.29) is 11.3 Å². The van der Waals surface area contributed by atoms with Crippen LogP contribution in [0.5, 0.6) is 5.75 Å². The SMILES string of the molecule is CCCCSc1nc2c(c(=O)n1-c1ccc(OC(F)(F)F)cc1)SCC2. The first-order valence-corrected chi connectivity index (χ1v) is 10.1. The predicted octanol–water partition coefficient (Wildman–Crippen LogP) is 4.67. The number of benzene rings is 1. The fourth-order valence-corrected chi connectivity index (χ4v) is 4.66. The van der Waals surface area contributed by atoms with Crippen molar-refractivity contribution in [1.82, 2.24) is 9.55 Å². The first-order chi connectivity index (χ1) is 12.4. The molecule has 0 fully saturated rings. The smallest absolute Gasteiger partial charge is 0.406 e. The summed E-state index contributed by atoms with van der Waals surface area (Å²) in [4.78, 5) is 18.2. The minimum Gasteiger partial charge on any atom is -0.406 e. The Labute approximate surface area is 157 Å². The Kier molecular flexibility index (Phi) is 5.86. The number of aromatic nitrogens is 2. The molecule has 4 nitrogen and oxygen atoms in total. The van der Waals surface area contributed by atoms with E-state index in [0.29, 0.717) is 15.7 Å². The van der Waals surface area contributed by atoms with Gasteiger partial charge in [-0.1, -0.05) is 25.1 Å². The molecule has 1 aromatic carbocycles. The molecule has 26 heavy (non-hydrogen) atoms. The quantitative estimate of drug-likeness (QED) is 0.399. The number of thioether (sulfide) groups is 2. The second-order valence-electron chi connectivity index (χ2n) is 5.65. The number of ether oxygens (including phenoxy) is 1. The van der Waals surface area contributed by atoms with Gasteiger partial charge >= 0.3 is 6.36 Å². The lowest BCUT2D eigenvalue weighted by molar-refractivity contribution is -0.274. The Hall–Kier alpha value is -1.61. The van der Waals surface area contributed by atoms with Crippen molar-refractivity contribution in [1.29, 1.82) is 0 Å². The van der Waals surface area contributed by atoms with Crippen molar-refractivity contribution in [3.05, 3.63) is 40.3 Å². The summed E-state index contributed by atoms with van der Waals surface area (Å²) in [7, 11) is 0. The van der Waals surface area contributed by atoms with Crippen molar-refractivity contribution < 1.29 is 17.9 Å². The van der Waals surface area contributed by atoms with E-state index in [1.807, 2.05) is 0 Å². The van der Waals surface area contributed by atoms with Crippen molar-refractivity contribution >= 4 is 23.5 Å². The molecule has 2 aromatic rings. The second-order valence-corrected chi connectivity index (χ2v) is 7.82. The van der Waals surface area contributed by atoms with Gasteiger partial charge in [-0.05, 0) is 30.7 Å². The van der Waals surface area contributed by atoms with Crippen molar-refractivity contribution in [3.63, 3.8) is 0 Å². The Morgan fingerprint density at radius 1 is 1.31 bits per heavy atom. The zero-order valence-corrected chi connectivity index (χ0v) is 15.6. The zero-order valence-electron chi connectivity index (χ0n) is 14.0. The number of alkyl halides is 3. The molecule has 0 unspecified atom stereocenters. The summed E-state index contributed by atoms with van der Waals surface area (Å²) in [5, 5.41) is 0.578. The van der Waals surface area contributed by atoms with Gasteiger partial charge in [0, 0.05) is 17.9 Å². The van der Waals surface area contributed by atoms with E-state index in [0.717, 1.165) is 36.5 Å². The maximum absolute atomic E-state index is 12.9. The Balaban J connectivity index is 1.98. The predicted molar refractivity (Wildman–Crippen MR) is 96.6 cm³/mol. The third kappa shape index (κ3) is 4.37. The molecule has 3 rings (SSSR count). The van der Waals surface area contributed by atoms with Gasteiger partial charge in [-0.25, -0.2) is 4.98 Å². The molecule has 2 heterocycles. The molecule has 0 bridgehead atoms. The normalized spacial score (nSPS) is 13.7. The molecule has 9 heteroatoms. The average Bonchev–Trinajstić information content (AvgIpc) is 3.04. The highest BCUT2D eigenvalue weighted by atomic mass is 32.2. The molecular formula is C17H17F3N2O2S2. The van der Waals surface area contributed by atoms with Gasteiger partial charge in [0.05, 0.1) is 16.3 Å². The first-order valence-electron chi connectivity index (χ1n) is 8.16. The number of fused-ring (bicyclic) bond motifs is 1. The molecule has 1 aliphatic heterocycles. The number of aryl methyl sites for hydroxylation is 1. The molecule has 140 valence electrons. The lowest BCUT2D eigenvalue weighted by Gasteiger charge is -2.14. The third-order valence-electron chi connectivity index (χ3n) is 3.72. The van der Waals surface area contributed by atoms with Crippen molar-refractivity contribution in [2.75, 3.05) is 11.5 Å². The second kappa shape index (κ2) is 7.96. The molecule has 0 atom stereocenters. The van der Waals surface area contributed by atoms with Crippen LogP contribution in [0.1, 0.15) is 25.5 Å². The van der Waals surface area contributed by atoms with E-state index >= 15 is 0 Å². The largest absolute Gasteiger partial charge is 0.573 e. The van der Waals surface area contributed by atoms with Crippen LogP contribution in [-0.4, -0.2) is 27.4 Å². The summed E-state index contributed by atoms with van der Waals surface area (Å²) in [5.74, 6) is 1.32. The van der Waals surface area contributed by atoms with Crippen molar-refractivity contribution in [2.45, 2.75) is 42.6 Å². The highest BCUT2D eigenvalue weighted by molar-refractivity contribution is 7.99. The van der Waals surface area contributed by atoms with Gasteiger partial charge < -0.3 is 4.74 Å². The van der Waals surface area contributed by atoms with Gasteiger partial charge in [0.1, 0.15) is 5.75 Å². The van der Waals surface area contributed by atoms with Crippen LogP contribution in [0, 0.1) is 0 Å². The van der Waals surface area contributed by atoms with E-state index in [1.165, 1.54) is 52.4 Å². The highest BCUT2D eigenvalue weighted by Crippen LogP contribution is 2.31. The Morgan fingerprint density at radius 2 is 2.04 bits per heavy atom. The third-order valence-corrected chi connectivity index (χ3v) is 5.86. The van der Waals surface area contributed by atoms with Crippen LogP contribution in [0.2, 0.25) is 0 Å². The average molecular weight is 402 g/mol. The summed E-state index contributed by atoms with van der Waals surface area (Å²) >= 11 is 2.97. The molecular weight excluding hydrogens is 385 g/mol. The van der Waals surface area contributed by atoms with E-state index in [1.54, 1.807) is 0 Å². The van der Waals surface area contributed by atoms with Gasteiger partial charge in [-0.15, -0.1) is 24.9 Å². The van der Waals surface area contributed by atoms with Gasteiger partial charge in [0.2, 0.25) is 0 Å². The van der Waals surface area contributed by atoms with Gasteiger partial charge in [0.25, 0.3) is 5.56 Å². The molecule has 0 radical (unpaired) electrons. The van der Waals surface area contributed by atoms with Gasteiger partial charge in [0.15, 0.2) is 5.16 Å². The summed E-state index contributed by atoms with van der Waals surface area (Å²) in [6.07, 6.45) is -1.96. The van der Waals surface area contributed by atoms with Crippen LogP contribution in [0.15, 0.2) is 39.1 Å². The molecule has 1 aliphatic rings. The first kappa shape index (κ1) is 19.2. The molecule has 0 amide bonds. The van der Waals surface area contributed by atoms with Gasteiger partial charge in [-0.3, -0.25) is 9.36 Å². The van der Waals surface area contributed by atoms with E-state index in [4.69, 9.17) is 0 Å². The van der Waals surface area contributed by atoms with Crippen LogP contribution in [0.4, 0.5) is 13.2 Å². The van der Waals surface area contributed by atoms with Crippen LogP contribution in [-0.2, 0) is 6.42 Å². The molecule has 0 N–H and O–H groups in total. The number of hydrogen-bond donors (Lipinski definition) is 0. The summed E-state index contributed by atoms with van der Waals surface area (Å²) in [5.41, 5.74) is 1.12. The van der Waals surface area contributed by atoms with Crippen molar-refractivity contribution in [2.24, 2.45) is 0 Å². The number of nitrogens with zero attached hydrogens (tertiary/aromatic N) is 2. The van der Waals surface area contributed by atoms with Gasteiger partial charge in [-0.2, -0.15) is 0 Å². The van der Waals surface area contributed by atoms with E-state index in [2.05, 4.69) is 16.6 Å². The fourth-order valence-electron chi connectivity index (χ4n) is 2.52. The lowest BCUT2D eigenvalue weighted by atomic mass is 10.3. The lowest BCUT2D eigenvalue weighted by Crippen LogP contribution is -2.24. The van der Waals surface area contributed by atoms with Crippen LogP contribution in [0.3, 0.4) is 0 Å². The Morgan fingerprint density at radius 3 is 2.69 bits per heavy atom. The van der Waals surface area contributed by atoms with Crippen LogP contribution < -0.4 is 10.3 Å². The molecule has 0 saturated heterocycles. The number of unbranched alkanes of at least 4 members (excludes halogenated alkanes) is 1. The zero-order chi connectivity index (χ0) is 18.7. The maximum atomic E-state index is 12.9. The molecule has 0 spiro atoms. The number of hydrogen-bond acceptors (Lipinski definition) is 5. The summed E-state index contributed by atoms with van der Waals surface area (Å²) < 4.78 is 42.3. The standard InChI is InChI=1S/C17H17F3N2O2S2/c1-2-3-9-26-16-21-13-8-10-25-14(13)15(23)22(16)11-4-6-12(7-5-11)24-17(18,19)20/h4-7H,2-3,8-10H2,1H3. The van der Waals surface area contributed by atoms with E-state index < -0.39 is 6.36 Å². The number of halogens is 3. The maximum Gasteiger partial charge on any atom is 0.573 e. The topological polar surface area (TPSA) is 44.1 Å². The van der Waals surface area contributed by atoms with E-state index in [9.17, 15) is 18.0 Å². The Bertz CT molecular complexity index is 836. The van der Waals surface area contributed by atoms with Crippen molar-refractivity contribution in [3.8, 4) is 11.4 Å². The minimum absolute atomic E-state index is 0.166. The highest BCUT2D eigenvalue weighted by Gasteiger charge is 2.31. The summed E-state index contributed by atoms with van der Waals surface area (Å²) in [6.45, 7) is 2.08. The molecule has 1 aromatic heterocycles. The van der Waals surface area contributed by atoms with Crippen LogP contribution in [0.25, 0.3) is 5.69 Å². The summed E-state index contributed by atoms with van der Waals surface area (Å²) in [6, 6.07) is 5.30. The fraction of sp³-hybridized carbons (Fsp3) is 0.412. The van der Waals surface area contributed by atoms with Crippen LogP contribution >= 0.6 is 23.5 Å². The molecule has 0 aliphatic carbocycles. The molecule has 0 saturated carbocycles. The number of rotatable bonds is 6. The monoisotopic (exact) mass is 402 g/mol. The minimum atomic E-state index is -4.74.